The number of nitrogens with one attached hydrogen (secondary N) is 1. The summed E-state index contributed by atoms with van der Waals surface area (Å²) in [6.07, 6.45) is -11.0. The highest BCUT2D eigenvalue weighted by atomic mass is 19.4. The first-order valence-electron chi connectivity index (χ1n) is 2.97. The van der Waals surface area contributed by atoms with Crippen LogP contribution in [-0.4, -0.2) is 23.9 Å². The van der Waals surface area contributed by atoms with Gasteiger partial charge < -0.3 is 0 Å². The molecule has 1 fully saturated rings. The van der Waals surface area contributed by atoms with Crippen molar-refractivity contribution in [2.75, 3.05) is 0 Å². The van der Waals surface area contributed by atoms with E-state index in [0.717, 1.165) is 11.4 Å². The molecule has 13 heavy (non-hydrogen) atoms. The van der Waals surface area contributed by atoms with Crippen molar-refractivity contribution in [2.24, 2.45) is 0 Å². The second kappa shape index (κ2) is 2.29. The summed E-state index contributed by atoms with van der Waals surface area (Å²) in [6.45, 7) is 0. The molecule has 0 aromatic heterocycles. The largest absolute Gasteiger partial charge is 0.418 e. The third-order valence-electron chi connectivity index (χ3n) is 1.75. The molecule has 74 valence electrons. The Balaban J connectivity index is 3.04. The van der Waals surface area contributed by atoms with Crippen LogP contribution in [0.4, 0.5) is 26.3 Å². The fraction of sp³-hybridized carbons (Fsp3) is 0.800. The van der Waals surface area contributed by atoms with Crippen molar-refractivity contribution in [3.05, 3.63) is 0 Å². The zero-order valence-corrected chi connectivity index (χ0v) is 5.79. The lowest BCUT2D eigenvalue weighted by Crippen LogP contribution is -2.50. The van der Waals surface area contributed by atoms with E-state index in [9.17, 15) is 26.3 Å². The Kier molecular flexibility index (Phi) is 1.78. The Labute approximate surface area is 68.1 Å². The van der Waals surface area contributed by atoms with E-state index in [1.54, 1.807) is 0 Å². The molecule has 0 aromatic rings. The van der Waals surface area contributed by atoms with E-state index in [-0.39, 0.29) is 0 Å². The Morgan fingerprint density at radius 2 is 1.46 bits per heavy atom. The molecule has 1 aliphatic heterocycles. The molecule has 1 atom stereocenters. The van der Waals surface area contributed by atoms with Gasteiger partial charge in [-0.2, -0.15) is 31.6 Å². The van der Waals surface area contributed by atoms with Crippen LogP contribution in [0.15, 0.2) is 0 Å². The maximum Gasteiger partial charge on any atom is 0.418 e. The zero-order valence-electron chi connectivity index (χ0n) is 5.79. The van der Waals surface area contributed by atoms with Gasteiger partial charge in [0.05, 0.1) is 6.07 Å². The Bertz CT molecular complexity index is 244. The van der Waals surface area contributed by atoms with Gasteiger partial charge in [0.1, 0.15) is 6.04 Å². The molecule has 8 heteroatoms. The van der Waals surface area contributed by atoms with Crippen LogP contribution >= 0.6 is 0 Å². The normalized spacial score (nSPS) is 26.7. The van der Waals surface area contributed by atoms with E-state index in [1.807, 2.05) is 0 Å². The monoisotopic (exact) mass is 204 g/mol. The second-order valence-electron chi connectivity index (χ2n) is 2.51. The lowest BCUT2D eigenvalue weighted by atomic mass is 10.1. The molecule has 1 N–H and O–H groups in total. The standard InChI is InChI=1S/C5H2F6N2/c6-4(7,8)3(5(9,10)11)2(1-12)13-3/h2,13H. The van der Waals surface area contributed by atoms with Gasteiger partial charge in [0.15, 0.2) is 0 Å². The van der Waals surface area contributed by atoms with Crippen LogP contribution in [0.5, 0.6) is 0 Å². The average molecular weight is 204 g/mol. The smallest absolute Gasteiger partial charge is 0.276 e. The summed E-state index contributed by atoms with van der Waals surface area (Å²) in [6, 6.07) is -1.34. The van der Waals surface area contributed by atoms with Crippen LogP contribution < -0.4 is 5.32 Å². The quantitative estimate of drug-likeness (QED) is 0.478. The van der Waals surface area contributed by atoms with Crippen molar-refractivity contribution in [3.8, 4) is 6.07 Å². The Hall–Kier alpha value is -0.970. The summed E-state index contributed by atoms with van der Waals surface area (Å²) >= 11 is 0. The van der Waals surface area contributed by atoms with Gasteiger partial charge in [-0.3, -0.25) is 5.32 Å². The maximum absolute atomic E-state index is 11.9. The van der Waals surface area contributed by atoms with E-state index in [0.29, 0.717) is 0 Å². The number of nitrogens with zero attached hydrogens (tertiary/aromatic N) is 1. The van der Waals surface area contributed by atoms with E-state index in [1.165, 1.54) is 0 Å². The van der Waals surface area contributed by atoms with Crippen molar-refractivity contribution < 1.29 is 26.3 Å². The summed E-state index contributed by atoms with van der Waals surface area (Å²) in [5.41, 5.74) is -4.02. The van der Waals surface area contributed by atoms with Crippen LogP contribution in [-0.2, 0) is 0 Å². The van der Waals surface area contributed by atoms with Gasteiger partial charge in [-0.1, -0.05) is 0 Å². The van der Waals surface area contributed by atoms with Crippen molar-refractivity contribution in [2.45, 2.75) is 23.9 Å². The first kappa shape index (κ1) is 10.1. The first-order valence-corrected chi connectivity index (χ1v) is 2.97. The minimum atomic E-state index is -5.49. The van der Waals surface area contributed by atoms with Crippen LogP contribution in [0.2, 0.25) is 0 Å². The fourth-order valence-electron chi connectivity index (χ4n) is 0.967. The second-order valence-corrected chi connectivity index (χ2v) is 2.51. The SMILES string of the molecule is N#CC1NC1(C(F)(F)F)C(F)(F)F. The van der Waals surface area contributed by atoms with Crippen LogP contribution in [0.3, 0.4) is 0 Å². The number of nitriles is 1. The molecular formula is C5H2F6N2. The van der Waals surface area contributed by atoms with E-state index in [2.05, 4.69) is 0 Å². The minimum Gasteiger partial charge on any atom is -0.276 e. The number of hydrogen-bond donors (Lipinski definition) is 1. The van der Waals surface area contributed by atoms with Gasteiger partial charge in [-0.25, -0.2) is 0 Å². The predicted octanol–water partition coefficient (Wildman–Crippen LogP) is 1.35. The van der Waals surface area contributed by atoms with E-state index >= 15 is 0 Å². The van der Waals surface area contributed by atoms with Crippen molar-refractivity contribution >= 4 is 0 Å². The molecule has 0 amide bonds. The van der Waals surface area contributed by atoms with Gasteiger partial charge in [-0.05, 0) is 0 Å². The topological polar surface area (TPSA) is 45.7 Å². The molecule has 0 bridgehead atoms. The van der Waals surface area contributed by atoms with Gasteiger partial charge in [-0.15, -0.1) is 0 Å². The first-order chi connectivity index (χ1) is 5.67. The van der Waals surface area contributed by atoms with Crippen LogP contribution in [0.25, 0.3) is 0 Å². The minimum absolute atomic E-state index is 0.892. The molecule has 2 nitrogen and oxygen atoms in total. The maximum atomic E-state index is 11.9. The van der Waals surface area contributed by atoms with Crippen molar-refractivity contribution in [1.29, 1.82) is 5.26 Å². The van der Waals surface area contributed by atoms with Crippen LogP contribution in [0.1, 0.15) is 0 Å². The van der Waals surface area contributed by atoms with Crippen molar-refractivity contribution in [1.82, 2.24) is 5.32 Å². The van der Waals surface area contributed by atoms with E-state index in [4.69, 9.17) is 5.26 Å². The number of halogens is 6. The lowest BCUT2D eigenvalue weighted by Gasteiger charge is -2.20. The van der Waals surface area contributed by atoms with Gasteiger partial charge in [0, 0.05) is 0 Å². The lowest BCUT2D eigenvalue weighted by molar-refractivity contribution is -0.266. The Morgan fingerprint density at radius 3 is 1.54 bits per heavy atom. The highest BCUT2D eigenvalue weighted by molar-refractivity contribution is 5.30. The summed E-state index contributed by atoms with van der Waals surface area (Å²) in [5, 5.41) is 9.06. The summed E-state index contributed by atoms with van der Waals surface area (Å²) < 4.78 is 71.4. The average Bonchev–Trinajstić information content (AvgIpc) is 2.57. The highest BCUT2D eigenvalue weighted by Gasteiger charge is 2.84. The molecule has 0 aliphatic carbocycles. The third-order valence-corrected chi connectivity index (χ3v) is 1.75. The molecule has 1 rings (SSSR count). The fourth-order valence-corrected chi connectivity index (χ4v) is 0.967. The molecule has 0 radical (unpaired) electrons. The summed E-state index contributed by atoms with van der Waals surface area (Å²) in [5.74, 6) is 0. The number of rotatable bonds is 0. The number of hydrogen-bond acceptors (Lipinski definition) is 2. The molecule has 1 saturated heterocycles. The van der Waals surface area contributed by atoms with Crippen molar-refractivity contribution in [3.63, 3.8) is 0 Å². The molecular weight excluding hydrogens is 202 g/mol. The molecule has 0 saturated carbocycles. The van der Waals surface area contributed by atoms with Gasteiger partial charge >= 0.3 is 12.4 Å². The zero-order chi connectivity index (χ0) is 10.5. The summed E-state index contributed by atoms with van der Waals surface area (Å²) in [4.78, 5) is 0. The molecule has 1 aliphatic rings. The molecule has 1 unspecified atom stereocenters. The molecule has 1 heterocycles. The summed E-state index contributed by atoms with van der Waals surface area (Å²) in [7, 11) is 0. The predicted molar refractivity (Wildman–Crippen MR) is 27.4 cm³/mol. The van der Waals surface area contributed by atoms with Crippen LogP contribution in [0, 0.1) is 11.3 Å². The Morgan fingerprint density at radius 1 is 1.08 bits per heavy atom. The third kappa shape index (κ3) is 1.14. The molecule has 0 aromatic carbocycles. The number of alkyl halides is 6. The van der Waals surface area contributed by atoms with Gasteiger partial charge in [0.25, 0.3) is 0 Å². The van der Waals surface area contributed by atoms with Gasteiger partial charge in [0.2, 0.25) is 5.54 Å². The van der Waals surface area contributed by atoms with E-state index < -0.39 is 23.9 Å². The molecule has 0 spiro atoms. The highest BCUT2D eigenvalue weighted by Crippen LogP contribution is 2.52.